The van der Waals surface area contributed by atoms with Gasteiger partial charge in [0.15, 0.2) is 0 Å². The maximum absolute atomic E-state index is 13.7. The van der Waals surface area contributed by atoms with Crippen LogP contribution < -0.4 is 5.32 Å². The molecule has 0 saturated heterocycles. The minimum Gasteiger partial charge on any atom is -0.322 e. The van der Waals surface area contributed by atoms with Gasteiger partial charge in [-0.1, -0.05) is 6.07 Å². The topological polar surface area (TPSA) is 59.3 Å². The zero-order chi connectivity index (χ0) is 24.6. The molecule has 0 fully saturated rings. The SMILES string of the molecule is O=C(Nc1ccc(F)cc1)c1cc(-c2cccn3c(-c4cccnc4)cnc23)ccc1C(F)(F)F. The van der Waals surface area contributed by atoms with Crippen LogP contribution in [0.5, 0.6) is 0 Å². The monoisotopic (exact) mass is 476 g/mol. The van der Waals surface area contributed by atoms with Crippen molar-refractivity contribution in [2.45, 2.75) is 6.18 Å². The van der Waals surface area contributed by atoms with Crippen molar-refractivity contribution >= 4 is 17.2 Å². The van der Waals surface area contributed by atoms with E-state index < -0.39 is 29.0 Å². The van der Waals surface area contributed by atoms with E-state index in [0.29, 0.717) is 16.8 Å². The van der Waals surface area contributed by atoms with Gasteiger partial charge in [-0.25, -0.2) is 9.37 Å². The van der Waals surface area contributed by atoms with E-state index in [4.69, 9.17) is 0 Å². The van der Waals surface area contributed by atoms with E-state index in [-0.39, 0.29) is 5.69 Å². The fraction of sp³-hybridized carbons (Fsp3) is 0.0385. The predicted octanol–water partition coefficient (Wildman–Crippen LogP) is 6.47. The lowest BCUT2D eigenvalue weighted by Gasteiger charge is -2.15. The molecule has 35 heavy (non-hydrogen) atoms. The summed E-state index contributed by atoms with van der Waals surface area (Å²) in [5.41, 5.74) is 1.57. The summed E-state index contributed by atoms with van der Waals surface area (Å²) in [6.07, 6.45) is 2.04. The van der Waals surface area contributed by atoms with Crippen LogP contribution in [0.1, 0.15) is 15.9 Å². The van der Waals surface area contributed by atoms with E-state index in [9.17, 15) is 22.4 Å². The summed E-state index contributed by atoms with van der Waals surface area (Å²) in [6.45, 7) is 0. The predicted molar refractivity (Wildman–Crippen MR) is 123 cm³/mol. The fourth-order valence-electron chi connectivity index (χ4n) is 3.84. The first-order valence-corrected chi connectivity index (χ1v) is 10.5. The average Bonchev–Trinajstić information content (AvgIpc) is 3.29. The molecule has 3 heterocycles. The quantitative estimate of drug-likeness (QED) is 0.302. The van der Waals surface area contributed by atoms with Gasteiger partial charge >= 0.3 is 6.18 Å². The van der Waals surface area contributed by atoms with Crippen LogP contribution in [0.4, 0.5) is 23.2 Å². The number of fused-ring (bicyclic) bond motifs is 1. The summed E-state index contributed by atoms with van der Waals surface area (Å²) in [6, 6.07) is 15.3. The van der Waals surface area contributed by atoms with Crippen molar-refractivity contribution in [3.8, 4) is 22.4 Å². The minimum atomic E-state index is -4.75. The Morgan fingerprint density at radius 2 is 1.71 bits per heavy atom. The number of anilines is 1. The van der Waals surface area contributed by atoms with Crippen molar-refractivity contribution in [3.05, 3.63) is 108 Å². The molecule has 5 nitrogen and oxygen atoms in total. The second kappa shape index (κ2) is 8.68. The molecule has 1 N–H and O–H groups in total. The zero-order valence-electron chi connectivity index (χ0n) is 17.9. The molecule has 0 bridgehead atoms. The van der Waals surface area contributed by atoms with E-state index in [0.717, 1.165) is 29.5 Å². The fourth-order valence-corrected chi connectivity index (χ4v) is 3.84. The second-order valence-electron chi connectivity index (χ2n) is 7.72. The average molecular weight is 476 g/mol. The van der Waals surface area contributed by atoms with E-state index >= 15 is 0 Å². The van der Waals surface area contributed by atoms with Crippen LogP contribution in [0.25, 0.3) is 28.0 Å². The summed E-state index contributed by atoms with van der Waals surface area (Å²) in [4.78, 5) is 21.5. The van der Waals surface area contributed by atoms with Crippen LogP contribution in [-0.4, -0.2) is 20.3 Å². The van der Waals surface area contributed by atoms with Gasteiger partial charge in [0.05, 0.1) is 23.0 Å². The summed E-state index contributed by atoms with van der Waals surface area (Å²) in [5.74, 6) is -1.49. The summed E-state index contributed by atoms with van der Waals surface area (Å²) >= 11 is 0. The Bertz CT molecular complexity index is 1530. The number of alkyl halides is 3. The highest BCUT2D eigenvalue weighted by Crippen LogP contribution is 2.36. The van der Waals surface area contributed by atoms with Gasteiger partial charge in [-0.05, 0) is 66.2 Å². The van der Waals surface area contributed by atoms with Crippen molar-refractivity contribution in [1.82, 2.24) is 14.4 Å². The lowest BCUT2D eigenvalue weighted by molar-refractivity contribution is -0.137. The smallest absolute Gasteiger partial charge is 0.322 e. The number of aromatic nitrogens is 3. The van der Waals surface area contributed by atoms with E-state index in [1.807, 2.05) is 10.5 Å². The second-order valence-corrected chi connectivity index (χ2v) is 7.72. The molecule has 0 aliphatic heterocycles. The van der Waals surface area contributed by atoms with Crippen LogP contribution in [0.2, 0.25) is 0 Å². The van der Waals surface area contributed by atoms with Crippen molar-refractivity contribution in [2.24, 2.45) is 0 Å². The zero-order valence-corrected chi connectivity index (χ0v) is 17.9. The highest BCUT2D eigenvalue weighted by molar-refractivity contribution is 6.06. The molecule has 0 aliphatic carbocycles. The number of benzene rings is 2. The van der Waals surface area contributed by atoms with Gasteiger partial charge in [-0.3, -0.25) is 14.2 Å². The number of amides is 1. The Kier molecular flexibility index (Phi) is 5.52. The molecule has 9 heteroatoms. The number of carbonyl (C=O) groups excluding carboxylic acids is 1. The molecule has 0 saturated carbocycles. The Morgan fingerprint density at radius 1 is 0.914 bits per heavy atom. The Labute approximate surface area is 196 Å². The van der Waals surface area contributed by atoms with Gasteiger partial charge in [0.25, 0.3) is 5.91 Å². The number of pyridine rings is 2. The molecule has 3 aromatic heterocycles. The first kappa shape index (κ1) is 22.3. The first-order chi connectivity index (χ1) is 16.8. The van der Waals surface area contributed by atoms with Crippen LogP contribution in [-0.2, 0) is 6.18 Å². The summed E-state index contributed by atoms with van der Waals surface area (Å²) < 4.78 is 56.2. The largest absolute Gasteiger partial charge is 0.417 e. The number of hydrogen-bond acceptors (Lipinski definition) is 3. The Hall–Kier alpha value is -4.53. The lowest BCUT2D eigenvalue weighted by atomic mass is 9.98. The summed E-state index contributed by atoms with van der Waals surface area (Å²) in [5, 5.41) is 2.41. The van der Waals surface area contributed by atoms with E-state index in [2.05, 4.69) is 15.3 Å². The Morgan fingerprint density at radius 3 is 2.43 bits per heavy atom. The number of rotatable bonds is 4. The third kappa shape index (κ3) is 4.35. The van der Waals surface area contributed by atoms with Gasteiger partial charge in [0.2, 0.25) is 0 Å². The molecule has 0 aliphatic rings. The number of nitrogens with zero attached hydrogens (tertiary/aromatic N) is 3. The molecule has 2 aromatic carbocycles. The molecular formula is C26H16F4N4O. The van der Waals surface area contributed by atoms with Crippen LogP contribution in [0.15, 0.2) is 91.5 Å². The van der Waals surface area contributed by atoms with Gasteiger partial charge in [0.1, 0.15) is 11.5 Å². The molecule has 0 unspecified atom stereocenters. The highest BCUT2D eigenvalue weighted by Gasteiger charge is 2.35. The normalized spacial score (nSPS) is 11.5. The molecule has 5 aromatic rings. The maximum atomic E-state index is 13.7. The highest BCUT2D eigenvalue weighted by atomic mass is 19.4. The first-order valence-electron chi connectivity index (χ1n) is 10.5. The van der Waals surface area contributed by atoms with Crippen molar-refractivity contribution < 1.29 is 22.4 Å². The van der Waals surface area contributed by atoms with Crippen LogP contribution >= 0.6 is 0 Å². The standard InChI is InChI=1S/C26H16F4N4O/c27-18-6-8-19(9-7-18)33-25(35)21-13-16(5-10-22(21)26(28,29)30)20-4-2-12-34-23(15-32-24(20)34)17-3-1-11-31-14-17/h1-15H,(H,33,35). The number of carbonyl (C=O) groups is 1. The minimum absolute atomic E-state index is 0.173. The van der Waals surface area contributed by atoms with Gasteiger partial charge in [0, 0.05) is 35.4 Å². The molecule has 1 amide bonds. The third-order valence-corrected chi connectivity index (χ3v) is 5.48. The number of halogens is 4. The third-order valence-electron chi connectivity index (χ3n) is 5.48. The van der Waals surface area contributed by atoms with E-state index in [1.165, 1.54) is 24.3 Å². The Balaban J connectivity index is 1.60. The lowest BCUT2D eigenvalue weighted by Crippen LogP contribution is -2.19. The van der Waals surface area contributed by atoms with Crippen molar-refractivity contribution in [1.29, 1.82) is 0 Å². The number of imidazole rings is 1. The van der Waals surface area contributed by atoms with Crippen molar-refractivity contribution in [3.63, 3.8) is 0 Å². The molecule has 5 rings (SSSR count). The van der Waals surface area contributed by atoms with Gasteiger partial charge in [-0.2, -0.15) is 13.2 Å². The van der Waals surface area contributed by atoms with Crippen molar-refractivity contribution in [2.75, 3.05) is 5.32 Å². The van der Waals surface area contributed by atoms with Crippen LogP contribution in [0.3, 0.4) is 0 Å². The molecule has 0 atom stereocenters. The molecule has 0 radical (unpaired) electrons. The molecular weight excluding hydrogens is 460 g/mol. The van der Waals surface area contributed by atoms with E-state index in [1.54, 1.807) is 43.0 Å². The number of hydrogen-bond donors (Lipinski definition) is 1. The summed E-state index contributed by atoms with van der Waals surface area (Å²) in [7, 11) is 0. The van der Waals surface area contributed by atoms with Gasteiger partial charge < -0.3 is 5.32 Å². The number of nitrogens with one attached hydrogen (secondary N) is 1. The van der Waals surface area contributed by atoms with Crippen LogP contribution in [0, 0.1) is 5.82 Å². The maximum Gasteiger partial charge on any atom is 0.417 e. The van der Waals surface area contributed by atoms with Gasteiger partial charge in [-0.15, -0.1) is 0 Å². The molecule has 174 valence electrons. The molecule has 0 spiro atoms.